The maximum absolute atomic E-state index is 12.3. The normalized spacial score (nSPS) is 12.5. The minimum atomic E-state index is -0.0381. The van der Waals surface area contributed by atoms with Crippen molar-refractivity contribution in [2.75, 3.05) is 13.1 Å². The van der Waals surface area contributed by atoms with Crippen LogP contribution >= 0.6 is 0 Å². The number of aliphatic imine (C=N–C) groups is 1. The molecule has 2 rings (SSSR count). The number of benzene rings is 1. The molecular formula is C21H32N6O. The summed E-state index contributed by atoms with van der Waals surface area (Å²) in [6.45, 7) is 9.09. The van der Waals surface area contributed by atoms with E-state index >= 15 is 0 Å². The van der Waals surface area contributed by atoms with Gasteiger partial charge in [0.2, 0.25) is 0 Å². The van der Waals surface area contributed by atoms with Crippen molar-refractivity contribution in [3.8, 4) is 0 Å². The van der Waals surface area contributed by atoms with E-state index in [1.54, 1.807) is 6.20 Å². The lowest BCUT2D eigenvalue weighted by Crippen LogP contribution is -2.38. The summed E-state index contributed by atoms with van der Waals surface area (Å²) in [5.41, 5.74) is 1.68. The number of nitrogens with one attached hydrogen (secondary N) is 3. The molecule has 3 N–H and O–H groups in total. The summed E-state index contributed by atoms with van der Waals surface area (Å²) < 4.78 is 1.92. The van der Waals surface area contributed by atoms with Gasteiger partial charge in [-0.2, -0.15) is 5.10 Å². The highest BCUT2D eigenvalue weighted by Gasteiger charge is 2.09. The highest BCUT2D eigenvalue weighted by Crippen LogP contribution is 2.07. The third-order valence-electron chi connectivity index (χ3n) is 4.36. The first kappa shape index (κ1) is 21.5. The van der Waals surface area contributed by atoms with Crippen LogP contribution in [-0.2, 0) is 13.1 Å². The third kappa shape index (κ3) is 7.42. The van der Waals surface area contributed by atoms with Gasteiger partial charge in [0.1, 0.15) is 0 Å². The minimum absolute atomic E-state index is 0.0381. The number of guanidine groups is 1. The van der Waals surface area contributed by atoms with Gasteiger partial charge in [0.15, 0.2) is 5.96 Å². The molecule has 7 nitrogen and oxygen atoms in total. The number of nitrogens with zero attached hydrogens (tertiary/aromatic N) is 3. The van der Waals surface area contributed by atoms with Crippen LogP contribution in [0.15, 0.2) is 47.7 Å². The number of aryl methyl sites for hydroxylation is 1. The predicted molar refractivity (Wildman–Crippen MR) is 113 cm³/mol. The first-order valence-corrected chi connectivity index (χ1v) is 10.0. The van der Waals surface area contributed by atoms with E-state index in [2.05, 4.69) is 33.0 Å². The van der Waals surface area contributed by atoms with Gasteiger partial charge in [0, 0.05) is 43.6 Å². The Labute approximate surface area is 167 Å². The van der Waals surface area contributed by atoms with E-state index < -0.39 is 0 Å². The summed E-state index contributed by atoms with van der Waals surface area (Å²) in [4.78, 5) is 16.9. The molecular weight excluding hydrogens is 352 g/mol. The Hall–Kier alpha value is -2.83. The summed E-state index contributed by atoms with van der Waals surface area (Å²) >= 11 is 0. The van der Waals surface area contributed by atoms with E-state index in [4.69, 9.17) is 0 Å². The first-order valence-electron chi connectivity index (χ1n) is 10.0. The van der Waals surface area contributed by atoms with Crippen LogP contribution in [0, 0.1) is 0 Å². The Bertz CT molecular complexity index is 741. The molecule has 1 atom stereocenters. The molecule has 0 radical (unpaired) electrons. The number of hydrogen-bond donors (Lipinski definition) is 3. The zero-order valence-corrected chi connectivity index (χ0v) is 17.1. The summed E-state index contributed by atoms with van der Waals surface area (Å²) in [6, 6.07) is 9.73. The zero-order chi connectivity index (χ0) is 20.2. The Morgan fingerprint density at radius 1 is 1.25 bits per heavy atom. The summed E-state index contributed by atoms with van der Waals surface area (Å²) in [5.74, 6) is 0.737. The highest BCUT2D eigenvalue weighted by molar-refractivity contribution is 5.94. The van der Waals surface area contributed by atoms with Crippen LogP contribution in [0.1, 0.15) is 49.5 Å². The van der Waals surface area contributed by atoms with Gasteiger partial charge in [-0.25, -0.2) is 4.99 Å². The van der Waals surface area contributed by atoms with Crippen molar-refractivity contribution >= 4 is 11.9 Å². The first-order chi connectivity index (χ1) is 13.6. The molecule has 2 aromatic rings. The van der Waals surface area contributed by atoms with Crippen LogP contribution in [0.5, 0.6) is 0 Å². The molecule has 0 aliphatic rings. The average molecular weight is 385 g/mol. The lowest BCUT2D eigenvalue weighted by atomic mass is 10.1. The molecule has 0 spiro atoms. The highest BCUT2D eigenvalue weighted by atomic mass is 16.1. The largest absolute Gasteiger partial charge is 0.357 e. The molecule has 1 heterocycles. The standard InChI is InChI=1S/C21H32N6O/c1-4-17(3)26-20(28)19-10-6-9-18(15-19)16-24-21(22-5-2)23-11-7-13-27-14-8-12-25-27/h6,8-10,12,14-15,17H,4-5,7,11,13,16H2,1-3H3,(H,26,28)(H2,22,23,24). The second-order valence-corrected chi connectivity index (χ2v) is 6.73. The van der Waals surface area contributed by atoms with E-state index in [1.807, 2.05) is 55.1 Å². The van der Waals surface area contributed by atoms with Crippen LogP contribution in [0.25, 0.3) is 0 Å². The van der Waals surface area contributed by atoms with E-state index in [9.17, 15) is 4.79 Å². The average Bonchev–Trinajstić information content (AvgIpc) is 3.22. The maximum atomic E-state index is 12.3. The van der Waals surface area contributed by atoms with Crippen molar-refractivity contribution in [1.29, 1.82) is 0 Å². The third-order valence-corrected chi connectivity index (χ3v) is 4.36. The number of amides is 1. The molecule has 0 aliphatic heterocycles. The molecule has 1 aromatic carbocycles. The molecule has 1 amide bonds. The second-order valence-electron chi connectivity index (χ2n) is 6.73. The second kappa shape index (κ2) is 11.8. The van der Waals surface area contributed by atoms with Crippen LogP contribution in [0.2, 0.25) is 0 Å². The van der Waals surface area contributed by atoms with Crippen molar-refractivity contribution in [3.05, 3.63) is 53.9 Å². The Morgan fingerprint density at radius 3 is 2.82 bits per heavy atom. The smallest absolute Gasteiger partial charge is 0.251 e. The lowest BCUT2D eigenvalue weighted by molar-refractivity contribution is 0.0939. The lowest BCUT2D eigenvalue weighted by Gasteiger charge is -2.13. The summed E-state index contributed by atoms with van der Waals surface area (Å²) in [6.07, 6.45) is 5.62. The topological polar surface area (TPSA) is 83.3 Å². The quantitative estimate of drug-likeness (QED) is 0.334. The van der Waals surface area contributed by atoms with Gasteiger partial charge in [0.25, 0.3) is 5.91 Å². The minimum Gasteiger partial charge on any atom is -0.357 e. The van der Waals surface area contributed by atoms with Gasteiger partial charge in [-0.15, -0.1) is 0 Å². The van der Waals surface area contributed by atoms with Gasteiger partial charge >= 0.3 is 0 Å². The molecule has 0 saturated heterocycles. The Kier molecular flexibility index (Phi) is 9.04. The molecule has 0 aliphatic carbocycles. The number of carbonyl (C=O) groups is 1. The number of aromatic nitrogens is 2. The fourth-order valence-corrected chi connectivity index (χ4v) is 2.61. The van der Waals surface area contributed by atoms with Crippen LogP contribution in [0.3, 0.4) is 0 Å². The molecule has 1 aromatic heterocycles. The fourth-order valence-electron chi connectivity index (χ4n) is 2.61. The van der Waals surface area contributed by atoms with E-state index in [-0.39, 0.29) is 11.9 Å². The number of carbonyl (C=O) groups excluding carboxylic acids is 1. The van der Waals surface area contributed by atoms with Gasteiger partial charge in [-0.3, -0.25) is 9.48 Å². The number of rotatable bonds is 10. The van der Waals surface area contributed by atoms with Gasteiger partial charge in [0.05, 0.1) is 6.54 Å². The van der Waals surface area contributed by atoms with Gasteiger partial charge < -0.3 is 16.0 Å². The van der Waals surface area contributed by atoms with Crippen LogP contribution < -0.4 is 16.0 Å². The van der Waals surface area contributed by atoms with Crippen LogP contribution in [0.4, 0.5) is 0 Å². The summed E-state index contributed by atoms with van der Waals surface area (Å²) in [7, 11) is 0. The predicted octanol–water partition coefficient (Wildman–Crippen LogP) is 2.56. The summed E-state index contributed by atoms with van der Waals surface area (Å²) in [5, 5.41) is 13.8. The van der Waals surface area contributed by atoms with Crippen molar-refractivity contribution in [2.45, 2.75) is 52.7 Å². The maximum Gasteiger partial charge on any atom is 0.251 e. The van der Waals surface area contributed by atoms with Gasteiger partial charge in [-0.1, -0.05) is 19.1 Å². The van der Waals surface area contributed by atoms with Crippen molar-refractivity contribution in [3.63, 3.8) is 0 Å². The van der Waals surface area contributed by atoms with Crippen LogP contribution in [-0.4, -0.2) is 40.8 Å². The fraction of sp³-hybridized carbons (Fsp3) is 0.476. The molecule has 152 valence electrons. The SMILES string of the molecule is CCNC(=NCc1cccc(C(=O)NC(C)CC)c1)NCCCn1cccn1. The van der Waals surface area contributed by atoms with E-state index in [0.717, 1.165) is 44.0 Å². The van der Waals surface area contributed by atoms with E-state index in [0.29, 0.717) is 12.1 Å². The number of hydrogen-bond acceptors (Lipinski definition) is 3. The molecule has 1 unspecified atom stereocenters. The Balaban J connectivity index is 1.88. The Morgan fingerprint density at radius 2 is 2.11 bits per heavy atom. The molecule has 0 fully saturated rings. The molecule has 0 bridgehead atoms. The van der Waals surface area contributed by atoms with Crippen molar-refractivity contribution in [2.24, 2.45) is 4.99 Å². The van der Waals surface area contributed by atoms with Crippen molar-refractivity contribution < 1.29 is 4.79 Å². The van der Waals surface area contributed by atoms with E-state index in [1.165, 1.54) is 0 Å². The molecule has 0 saturated carbocycles. The monoisotopic (exact) mass is 384 g/mol. The molecule has 7 heteroatoms. The zero-order valence-electron chi connectivity index (χ0n) is 17.1. The van der Waals surface area contributed by atoms with Gasteiger partial charge in [-0.05, 0) is 50.5 Å². The van der Waals surface area contributed by atoms with Crippen molar-refractivity contribution in [1.82, 2.24) is 25.7 Å². The molecule has 28 heavy (non-hydrogen) atoms.